The van der Waals surface area contributed by atoms with Crippen LogP contribution in [0.15, 0.2) is 0 Å². The minimum absolute atomic E-state index is 0.860. The number of rotatable bonds is 3. The van der Waals surface area contributed by atoms with Gasteiger partial charge < -0.3 is 10.2 Å². The average molecular weight is 182 g/mol. The molecule has 13 heavy (non-hydrogen) atoms. The van der Waals surface area contributed by atoms with Gasteiger partial charge >= 0.3 is 0 Å². The maximum atomic E-state index is 3.48. The molecule has 2 aliphatic rings. The summed E-state index contributed by atoms with van der Waals surface area (Å²) in [4.78, 5) is 2.66. The number of likely N-dealkylation sites (tertiary alicyclic amines) is 1. The molecule has 2 nitrogen and oxygen atoms in total. The van der Waals surface area contributed by atoms with E-state index in [9.17, 15) is 0 Å². The Bertz CT molecular complexity index is 155. The van der Waals surface area contributed by atoms with Gasteiger partial charge in [0.25, 0.3) is 0 Å². The number of nitrogens with zero attached hydrogens (tertiary/aromatic N) is 1. The second kappa shape index (κ2) is 3.97. The Morgan fingerprint density at radius 2 is 1.85 bits per heavy atom. The minimum atomic E-state index is 0.860. The van der Waals surface area contributed by atoms with Gasteiger partial charge in [-0.25, -0.2) is 0 Å². The van der Waals surface area contributed by atoms with E-state index in [1.54, 1.807) is 0 Å². The molecule has 2 atom stereocenters. The highest BCUT2D eigenvalue weighted by Gasteiger charge is 2.35. The second-order valence-electron chi connectivity index (χ2n) is 5.12. The van der Waals surface area contributed by atoms with E-state index in [1.165, 1.54) is 39.1 Å². The topological polar surface area (TPSA) is 15.3 Å². The summed E-state index contributed by atoms with van der Waals surface area (Å²) in [6, 6.07) is 0. The van der Waals surface area contributed by atoms with Crippen LogP contribution in [0.25, 0.3) is 0 Å². The van der Waals surface area contributed by atoms with Gasteiger partial charge in [-0.2, -0.15) is 0 Å². The summed E-state index contributed by atoms with van der Waals surface area (Å²) in [5.41, 5.74) is 0. The van der Waals surface area contributed by atoms with Gasteiger partial charge in [-0.3, -0.25) is 0 Å². The molecule has 2 heterocycles. The summed E-state index contributed by atoms with van der Waals surface area (Å²) in [7, 11) is 0. The molecule has 0 aliphatic carbocycles. The Morgan fingerprint density at radius 1 is 1.23 bits per heavy atom. The lowest BCUT2D eigenvalue weighted by Crippen LogP contribution is -2.27. The van der Waals surface area contributed by atoms with Crippen molar-refractivity contribution < 1.29 is 0 Å². The average Bonchev–Trinajstić information content (AvgIpc) is 2.58. The van der Waals surface area contributed by atoms with Crippen molar-refractivity contribution in [2.75, 3.05) is 32.7 Å². The second-order valence-corrected chi connectivity index (χ2v) is 5.12. The van der Waals surface area contributed by atoms with Crippen LogP contribution in [-0.4, -0.2) is 37.6 Å². The van der Waals surface area contributed by atoms with Gasteiger partial charge in [0.2, 0.25) is 0 Å². The van der Waals surface area contributed by atoms with Crippen LogP contribution < -0.4 is 5.32 Å². The van der Waals surface area contributed by atoms with E-state index in [0.29, 0.717) is 0 Å². The summed E-state index contributed by atoms with van der Waals surface area (Å²) >= 11 is 0. The number of hydrogen-bond donors (Lipinski definition) is 1. The van der Waals surface area contributed by atoms with Crippen LogP contribution in [0.1, 0.15) is 20.3 Å². The molecular formula is C11H22N2. The fourth-order valence-corrected chi connectivity index (χ4v) is 2.58. The molecule has 0 spiro atoms. The van der Waals surface area contributed by atoms with Crippen molar-refractivity contribution in [2.24, 2.45) is 17.8 Å². The maximum absolute atomic E-state index is 3.48. The first-order valence-electron chi connectivity index (χ1n) is 5.69. The highest BCUT2D eigenvalue weighted by molar-refractivity contribution is 4.90. The number of nitrogens with one attached hydrogen (secondary N) is 1. The third-order valence-corrected chi connectivity index (χ3v) is 3.49. The van der Waals surface area contributed by atoms with Gasteiger partial charge in [-0.1, -0.05) is 13.8 Å². The first-order valence-corrected chi connectivity index (χ1v) is 5.69. The first-order chi connectivity index (χ1) is 6.25. The molecule has 0 aromatic heterocycles. The van der Waals surface area contributed by atoms with Crippen LogP contribution >= 0.6 is 0 Å². The van der Waals surface area contributed by atoms with Crippen molar-refractivity contribution in [1.29, 1.82) is 0 Å². The van der Waals surface area contributed by atoms with Crippen LogP contribution in [0, 0.1) is 17.8 Å². The largest absolute Gasteiger partial charge is 0.316 e. The fourth-order valence-electron chi connectivity index (χ4n) is 2.58. The van der Waals surface area contributed by atoms with Crippen LogP contribution in [0.5, 0.6) is 0 Å². The van der Waals surface area contributed by atoms with E-state index in [-0.39, 0.29) is 0 Å². The van der Waals surface area contributed by atoms with Crippen molar-refractivity contribution >= 4 is 0 Å². The molecule has 2 unspecified atom stereocenters. The van der Waals surface area contributed by atoms with Gasteiger partial charge in [0.05, 0.1) is 0 Å². The smallest absolute Gasteiger partial charge is 0.00255 e. The quantitative estimate of drug-likeness (QED) is 0.705. The van der Waals surface area contributed by atoms with Gasteiger partial charge in [-0.05, 0) is 43.8 Å². The molecule has 0 radical (unpaired) electrons. The standard InChI is InChI=1S/C11H22N2/c1-9(2)3-4-13-7-10-5-12-6-11(10)8-13/h9-12H,3-8H2,1-2H3. The molecule has 2 aliphatic heterocycles. The SMILES string of the molecule is CC(C)CCN1CC2CNCC2C1. The molecule has 76 valence electrons. The number of fused-ring (bicyclic) bond motifs is 1. The predicted octanol–water partition coefficient (Wildman–Crippen LogP) is 1.18. The zero-order valence-corrected chi connectivity index (χ0v) is 8.92. The van der Waals surface area contributed by atoms with Crippen LogP contribution in [0.4, 0.5) is 0 Å². The van der Waals surface area contributed by atoms with Crippen molar-refractivity contribution in [3.63, 3.8) is 0 Å². The Hall–Kier alpha value is -0.0800. The molecule has 2 rings (SSSR count). The highest BCUT2D eigenvalue weighted by Crippen LogP contribution is 2.26. The lowest BCUT2D eigenvalue weighted by atomic mass is 10.0. The Labute approximate surface area is 81.7 Å². The van der Waals surface area contributed by atoms with Crippen LogP contribution in [0.2, 0.25) is 0 Å². The third kappa shape index (κ3) is 2.23. The molecule has 2 saturated heterocycles. The molecule has 2 heteroatoms. The lowest BCUT2D eigenvalue weighted by Gasteiger charge is -2.17. The monoisotopic (exact) mass is 182 g/mol. The van der Waals surface area contributed by atoms with Gasteiger partial charge in [-0.15, -0.1) is 0 Å². The molecule has 0 amide bonds. The van der Waals surface area contributed by atoms with E-state index >= 15 is 0 Å². The third-order valence-electron chi connectivity index (χ3n) is 3.49. The van der Waals surface area contributed by atoms with Crippen molar-refractivity contribution in [2.45, 2.75) is 20.3 Å². The van der Waals surface area contributed by atoms with E-state index in [1.807, 2.05) is 0 Å². The van der Waals surface area contributed by atoms with E-state index in [2.05, 4.69) is 24.1 Å². The predicted molar refractivity (Wildman–Crippen MR) is 55.7 cm³/mol. The zero-order chi connectivity index (χ0) is 9.26. The molecule has 2 fully saturated rings. The van der Waals surface area contributed by atoms with Gasteiger partial charge in [0.15, 0.2) is 0 Å². The molecular weight excluding hydrogens is 160 g/mol. The Kier molecular flexibility index (Phi) is 2.89. The fraction of sp³-hybridized carbons (Fsp3) is 1.00. The maximum Gasteiger partial charge on any atom is 0.00255 e. The van der Waals surface area contributed by atoms with E-state index in [4.69, 9.17) is 0 Å². The summed E-state index contributed by atoms with van der Waals surface area (Å²) in [6.07, 6.45) is 1.37. The minimum Gasteiger partial charge on any atom is -0.316 e. The molecule has 0 bridgehead atoms. The van der Waals surface area contributed by atoms with Gasteiger partial charge in [0, 0.05) is 13.1 Å². The summed E-state index contributed by atoms with van der Waals surface area (Å²) in [6.45, 7) is 11.2. The van der Waals surface area contributed by atoms with Crippen molar-refractivity contribution in [3.05, 3.63) is 0 Å². The van der Waals surface area contributed by atoms with E-state index in [0.717, 1.165) is 17.8 Å². The highest BCUT2D eigenvalue weighted by atomic mass is 15.2. The summed E-state index contributed by atoms with van der Waals surface area (Å²) in [5.74, 6) is 2.79. The zero-order valence-electron chi connectivity index (χ0n) is 8.92. The van der Waals surface area contributed by atoms with Crippen LogP contribution in [0.3, 0.4) is 0 Å². The van der Waals surface area contributed by atoms with Crippen LogP contribution in [-0.2, 0) is 0 Å². The van der Waals surface area contributed by atoms with Gasteiger partial charge in [0.1, 0.15) is 0 Å². The molecule has 0 aromatic rings. The summed E-state index contributed by atoms with van der Waals surface area (Å²) < 4.78 is 0. The normalized spacial score (nSPS) is 34.4. The van der Waals surface area contributed by atoms with Crippen molar-refractivity contribution in [1.82, 2.24) is 10.2 Å². The summed E-state index contributed by atoms with van der Waals surface area (Å²) in [5, 5.41) is 3.48. The van der Waals surface area contributed by atoms with E-state index < -0.39 is 0 Å². The molecule has 0 aromatic carbocycles. The lowest BCUT2D eigenvalue weighted by molar-refractivity contribution is 0.292. The Balaban J connectivity index is 1.73. The van der Waals surface area contributed by atoms with Crippen molar-refractivity contribution in [3.8, 4) is 0 Å². The molecule has 0 saturated carbocycles. The first kappa shape index (κ1) is 9.47. The molecule has 1 N–H and O–H groups in total. The Morgan fingerprint density at radius 3 is 2.38 bits per heavy atom. The number of hydrogen-bond acceptors (Lipinski definition) is 2.